The molecular weight excluding hydrogens is 297 g/mol. The molecular formula is C14H13ClFN3O2. The first kappa shape index (κ1) is 15.2. The van der Waals surface area contributed by atoms with Gasteiger partial charge in [-0.05, 0) is 31.2 Å². The predicted molar refractivity (Wildman–Crippen MR) is 75.5 cm³/mol. The molecule has 0 bridgehead atoms. The standard InChI is InChI=1S/C14H13ClFN3O2/c1-9-17-5-4-11(19-9)7-18-14(20)8-21-13-3-2-10(16)6-12(13)15/h2-6H,7-8H2,1H3,(H,18,20). The maximum absolute atomic E-state index is 12.9. The molecule has 1 amide bonds. The van der Waals surface area contributed by atoms with Gasteiger partial charge in [0.1, 0.15) is 17.4 Å². The van der Waals surface area contributed by atoms with E-state index in [2.05, 4.69) is 15.3 Å². The van der Waals surface area contributed by atoms with Crippen molar-refractivity contribution >= 4 is 17.5 Å². The number of aromatic nitrogens is 2. The van der Waals surface area contributed by atoms with Gasteiger partial charge in [-0.15, -0.1) is 0 Å². The molecule has 7 heteroatoms. The van der Waals surface area contributed by atoms with Crippen molar-refractivity contribution in [2.75, 3.05) is 6.61 Å². The van der Waals surface area contributed by atoms with Crippen LogP contribution in [0, 0.1) is 12.7 Å². The molecule has 0 fully saturated rings. The SMILES string of the molecule is Cc1nccc(CNC(=O)COc2ccc(F)cc2Cl)n1. The molecule has 5 nitrogen and oxygen atoms in total. The molecule has 110 valence electrons. The van der Waals surface area contributed by atoms with E-state index in [1.54, 1.807) is 19.2 Å². The lowest BCUT2D eigenvalue weighted by atomic mass is 10.3. The summed E-state index contributed by atoms with van der Waals surface area (Å²) in [5, 5.41) is 2.78. The van der Waals surface area contributed by atoms with Crippen molar-refractivity contribution in [1.29, 1.82) is 0 Å². The Morgan fingerprint density at radius 2 is 2.24 bits per heavy atom. The van der Waals surface area contributed by atoms with Crippen LogP contribution in [0.3, 0.4) is 0 Å². The summed E-state index contributed by atoms with van der Waals surface area (Å²) in [6.07, 6.45) is 1.62. The summed E-state index contributed by atoms with van der Waals surface area (Å²) in [5.74, 6) is 0.102. The molecule has 0 saturated carbocycles. The maximum atomic E-state index is 12.9. The van der Waals surface area contributed by atoms with Crippen LogP contribution in [0.4, 0.5) is 4.39 Å². The molecule has 0 aliphatic rings. The lowest BCUT2D eigenvalue weighted by Gasteiger charge is -2.08. The Kier molecular flexibility index (Phi) is 5.05. The van der Waals surface area contributed by atoms with Crippen molar-refractivity contribution in [2.45, 2.75) is 13.5 Å². The van der Waals surface area contributed by atoms with Crippen LogP contribution < -0.4 is 10.1 Å². The third-order valence-electron chi connectivity index (χ3n) is 2.55. The Morgan fingerprint density at radius 3 is 2.95 bits per heavy atom. The molecule has 0 atom stereocenters. The molecule has 0 radical (unpaired) electrons. The second-order valence-electron chi connectivity index (χ2n) is 4.24. The summed E-state index contributed by atoms with van der Waals surface area (Å²) >= 11 is 5.79. The van der Waals surface area contributed by atoms with Crippen LogP contribution in [0.25, 0.3) is 0 Å². The number of rotatable bonds is 5. The van der Waals surface area contributed by atoms with Crippen molar-refractivity contribution in [2.24, 2.45) is 0 Å². The first-order valence-corrected chi connectivity index (χ1v) is 6.55. The van der Waals surface area contributed by atoms with Crippen LogP contribution in [0.15, 0.2) is 30.5 Å². The lowest BCUT2D eigenvalue weighted by molar-refractivity contribution is -0.123. The highest BCUT2D eigenvalue weighted by atomic mass is 35.5. The molecule has 0 aliphatic heterocycles. The summed E-state index contributed by atoms with van der Waals surface area (Å²) in [6.45, 7) is 1.84. The van der Waals surface area contributed by atoms with Crippen LogP contribution in [0.2, 0.25) is 5.02 Å². The topological polar surface area (TPSA) is 64.1 Å². The molecule has 2 aromatic rings. The average molecular weight is 310 g/mol. The fourth-order valence-corrected chi connectivity index (χ4v) is 1.80. The number of amides is 1. The van der Waals surface area contributed by atoms with E-state index in [4.69, 9.17) is 16.3 Å². The summed E-state index contributed by atoms with van der Waals surface area (Å²) in [6, 6.07) is 5.42. The van der Waals surface area contributed by atoms with E-state index in [-0.39, 0.29) is 29.8 Å². The second kappa shape index (κ2) is 6.99. The number of carbonyl (C=O) groups excluding carboxylic acids is 1. The molecule has 0 saturated heterocycles. The minimum Gasteiger partial charge on any atom is -0.482 e. The summed E-state index contributed by atoms with van der Waals surface area (Å²) in [4.78, 5) is 19.8. The monoisotopic (exact) mass is 309 g/mol. The van der Waals surface area contributed by atoms with E-state index in [9.17, 15) is 9.18 Å². The number of carbonyl (C=O) groups is 1. The Morgan fingerprint density at radius 1 is 1.43 bits per heavy atom. The van der Waals surface area contributed by atoms with Gasteiger partial charge in [-0.2, -0.15) is 0 Å². The van der Waals surface area contributed by atoms with Gasteiger partial charge in [0.2, 0.25) is 0 Å². The van der Waals surface area contributed by atoms with E-state index >= 15 is 0 Å². The van der Waals surface area contributed by atoms with Crippen LogP contribution in [0.1, 0.15) is 11.5 Å². The minimum atomic E-state index is -0.462. The molecule has 0 unspecified atom stereocenters. The van der Waals surface area contributed by atoms with E-state index < -0.39 is 5.82 Å². The van der Waals surface area contributed by atoms with Gasteiger partial charge in [0, 0.05) is 6.20 Å². The van der Waals surface area contributed by atoms with E-state index in [1.807, 2.05) is 0 Å². The third kappa shape index (κ3) is 4.68. The minimum absolute atomic E-state index is 0.120. The van der Waals surface area contributed by atoms with E-state index in [0.29, 0.717) is 11.5 Å². The molecule has 0 aliphatic carbocycles. The number of halogens is 2. The number of ether oxygens (including phenoxy) is 1. The van der Waals surface area contributed by atoms with Gasteiger partial charge in [-0.1, -0.05) is 11.6 Å². The van der Waals surface area contributed by atoms with Gasteiger partial charge in [0.25, 0.3) is 5.91 Å². The summed E-state index contributed by atoms with van der Waals surface area (Å²) in [5.41, 5.74) is 0.704. The quantitative estimate of drug-likeness (QED) is 0.920. The van der Waals surface area contributed by atoms with Crippen molar-refractivity contribution in [3.8, 4) is 5.75 Å². The van der Waals surface area contributed by atoms with Crippen LogP contribution in [-0.2, 0) is 11.3 Å². The maximum Gasteiger partial charge on any atom is 0.258 e. The first-order valence-electron chi connectivity index (χ1n) is 6.17. The van der Waals surface area contributed by atoms with E-state index in [1.165, 1.54) is 12.1 Å². The highest BCUT2D eigenvalue weighted by Gasteiger charge is 2.07. The molecule has 1 N–H and O–H groups in total. The van der Waals surface area contributed by atoms with Crippen molar-refractivity contribution < 1.29 is 13.9 Å². The molecule has 1 aromatic carbocycles. The second-order valence-corrected chi connectivity index (χ2v) is 4.64. The van der Waals surface area contributed by atoms with Gasteiger partial charge < -0.3 is 10.1 Å². The van der Waals surface area contributed by atoms with Gasteiger partial charge in [-0.3, -0.25) is 4.79 Å². The molecule has 1 aromatic heterocycles. The molecule has 1 heterocycles. The Labute approximate surface area is 126 Å². The first-order chi connectivity index (χ1) is 10.0. The molecule has 2 rings (SSSR count). The van der Waals surface area contributed by atoms with Gasteiger partial charge in [-0.25, -0.2) is 14.4 Å². The number of aryl methyl sites for hydroxylation is 1. The lowest BCUT2D eigenvalue weighted by Crippen LogP contribution is -2.28. The largest absolute Gasteiger partial charge is 0.482 e. The Balaban J connectivity index is 1.82. The molecule has 0 spiro atoms. The smallest absolute Gasteiger partial charge is 0.258 e. The number of hydrogen-bond acceptors (Lipinski definition) is 4. The average Bonchev–Trinajstić information content (AvgIpc) is 2.44. The summed E-state index contributed by atoms with van der Waals surface area (Å²) in [7, 11) is 0. The number of hydrogen-bond donors (Lipinski definition) is 1. The number of benzene rings is 1. The molecule has 21 heavy (non-hydrogen) atoms. The fraction of sp³-hybridized carbons (Fsp3) is 0.214. The van der Waals surface area contributed by atoms with Crippen LogP contribution >= 0.6 is 11.6 Å². The van der Waals surface area contributed by atoms with Crippen molar-refractivity contribution in [1.82, 2.24) is 15.3 Å². The zero-order chi connectivity index (χ0) is 15.2. The third-order valence-corrected chi connectivity index (χ3v) is 2.85. The Hall–Kier alpha value is -2.21. The highest BCUT2D eigenvalue weighted by Crippen LogP contribution is 2.24. The zero-order valence-electron chi connectivity index (χ0n) is 11.3. The van der Waals surface area contributed by atoms with Gasteiger partial charge in [0.05, 0.1) is 17.3 Å². The Bertz CT molecular complexity index is 652. The number of nitrogens with zero attached hydrogens (tertiary/aromatic N) is 2. The van der Waals surface area contributed by atoms with Gasteiger partial charge >= 0.3 is 0 Å². The number of nitrogens with one attached hydrogen (secondary N) is 1. The van der Waals surface area contributed by atoms with E-state index in [0.717, 1.165) is 6.07 Å². The van der Waals surface area contributed by atoms with Crippen LogP contribution in [-0.4, -0.2) is 22.5 Å². The summed E-state index contributed by atoms with van der Waals surface area (Å²) < 4.78 is 18.1. The van der Waals surface area contributed by atoms with Crippen LogP contribution in [0.5, 0.6) is 5.75 Å². The highest BCUT2D eigenvalue weighted by molar-refractivity contribution is 6.32. The van der Waals surface area contributed by atoms with Crippen molar-refractivity contribution in [3.05, 3.63) is 52.8 Å². The normalized spacial score (nSPS) is 10.2. The zero-order valence-corrected chi connectivity index (χ0v) is 12.0. The van der Waals surface area contributed by atoms with Gasteiger partial charge in [0.15, 0.2) is 6.61 Å². The fourth-order valence-electron chi connectivity index (χ4n) is 1.58. The van der Waals surface area contributed by atoms with Crippen molar-refractivity contribution in [3.63, 3.8) is 0 Å². The predicted octanol–water partition coefficient (Wildman–Crippen LogP) is 2.27.